The number of nitrogens with one attached hydrogen (secondary N) is 1. The van der Waals surface area contributed by atoms with Crippen molar-refractivity contribution in [3.63, 3.8) is 0 Å². The monoisotopic (exact) mass is 273 g/mol. The standard InChI is InChI=1S/C15H15NO4/c1-2-7-20-13-5-3-10(4-6-13)14(17)16-12-8-11(9-12)15(18)19/h1,3-6,11-12H,7-9H2,(H,16,17)(H,18,19). The Bertz CT molecular complexity index is 538. The highest BCUT2D eigenvalue weighted by Crippen LogP contribution is 2.27. The van der Waals surface area contributed by atoms with Gasteiger partial charge in [0, 0.05) is 11.6 Å². The molecular weight excluding hydrogens is 258 g/mol. The van der Waals surface area contributed by atoms with E-state index in [-0.39, 0.29) is 24.5 Å². The zero-order valence-corrected chi connectivity index (χ0v) is 10.8. The number of hydrogen-bond donors (Lipinski definition) is 2. The van der Waals surface area contributed by atoms with Gasteiger partial charge in [0.05, 0.1) is 5.92 Å². The van der Waals surface area contributed by atoms with E-state index in [4.69, 9.17) is 16.3 Å². The van der Waals surface area contributed by atoms with Crippen LogP contribution in [-0.4, -0.2) is 29.6 Å². The highest BCUT2D eigenvalue weighted by molar-refractivity contribution is 5.94. The first-order chi connectivity index (χ1) is 9.60. The van der Waals surface area contributed by atoms with Gasteiger partial charge in [0.15, 0.2) is 0 Å². The van der Waals surface area contributed by atoms with Crippen molar-refractivity contribution in [3.8, 4) is 18.1 Å². The van der Waals surface area contributed by atoms with Crippen LogP contribution in [-0.2, 0) is 4.79 Å². The number of benzene rings is 1. The van der Waals surface area contributed by atoms with Crippen LogP contribution in [0.5, 0.6) is 5.75 Å². The molecule has 104 valence electrons. The number of amides is 1. The molecule has 0 spiro atoms. The van der Waals surface area contributed by atoms with Gasteiger partial charge < -0.3 is 15.2 Å². The molecule has 2 rings (SSSR count). The van der Waals surface area contributed by atoms with Crippen molar-refractivity contribution in [2.24, 2.45) is 5.92 Å². The second-order valence-electron chi connectivity index (χ2n) is 4.69. The number of rotatable bonds is 5. The summed E-state index contributed by atoms with van der Waals surface area (Å²) in [5.74, 6) is 1.62. The number of ether oxygens (including phenoxy) is 1. The molecule has 0 saturated heterocycles. The maximum absolute atomic E-state index is 11.9. The molecule has 0 aromatic heterocycles. The fraction of sp³-hybridized carbons (Fsp3) is 0.333. The number of carboxylic acid groups (broad SMARTS) is 1. The van der Waals surface area contributed by atoms with Gasteiger partial charge in [-0.25, -0.2) is 0 Å². The van der Waals surface area contributed by atoms with Crippen LogP contribution in [0, 0.1) is 18.3 Å². The van der Waals surface area contributed by atoms with Gasteiger partial charge in [-0.15, -0.1) is 6.42 Å². The van der Waals surface area contributed by atoms with E-state index in [1.54, 1.807) is 24.3 Å². The summed E-state index contributed by atoms with van der Waals surface area (Å²) in [6.07, 6.45) is 6.06. The van der Waals surface area contributed by atoms with Gasteiger partial charge in [0.25, 0.3) is 5.91 Å². The topological polar surface area (TPSA) is 75.6 Å². The van der Waals surface area contributed by atoms with Gasteiger partial charge in [0.1, 0.15) is 12.4 Å². The smallest absolute Gasteiger partial charge is 0.306 e. The minimum Gasteiger partial charge on any atom is -0.481 e. The average Bonchev–Trinajstić information content (AvgIpc) is 2.40. The molecular formula is C15H15NO4. The first-order valence-electron chi connectivity index (χ1n) is 6.30. The number of carbonyl (C=O) groups is 2. The van der Waals surface area contributed by atoms with Crippen molar-refractivity contribution in [1.82, 2.24) is 5.32 Å². The molecule has 20 heavy (non-hydrogen) atoms. The minimum absolute atomic E-state index is 0.0547. The van der Waals surface area contributed by atoms with E-state index in [9.17, 15) is 9.59 Å². The van der Waals surface area contributed by atoms with Crippen molar-refractivity contribution >= 4 is 11.9 Å². The van der Waals surface area contributed by atoms with E-state index in [2.05, 4.69) is 11.2 Å². The summed E-state index contributed by atoms with van der Waals surface area (Å²) in [5.41, 5.74) is 0.511. The summed E-state index contributed by atoms with van der Waals surface area (Å²) in [5, 5.41) is 11.6. The van der Waals surface area contributed by atoms with E-state index >= 15 is 0 Å². The molecule has 1 aliphatic rings. The number of hydrogen-bond acceptors (Lipinski definition) is 3. The van der Waals surface area contributed by atoms with Crippen LogP contribution < -0.4 is 10.1 Å². The number of carboxylic acids is 1. The van der Waals surface area contributed by atoms with Crippen molar-refractivity contribution in [1.29, 1.82) is 0 Å². The van der Waals surface area contributed by atoms with Crippen LogP contribution in [0.1, 0.15) is 23.2 Å². The normalized spacial score (nSPS) is 20.4. The largest absolute Gasteiger partial charge is 0.481 e. The minimum atomic E-state index is -0.800. The Balaban J connectivity index is 1.84. The highest BCUT2D eigenvalue weighted by Gasteiger charge is 2.35. The maximum Gasteiger partial charge on any atom is 0.306 e. The summed E-state index contributed by atoms with van der Waals surface area (Å²) in [6.45, 7) is 0.185. The molecule has 0 aliphatic heterocycles. The van der Waals surface area contributed by atoms with Gasteiger partial charge >= 0.3 is 5.97 Å². The van der Waals surface area contributed by atoms with E-state index in [0.29, 0.717) is 24.2 Å². The lowest BCUT2D eigenvalue weighted by atomic mass is 9.80. The molecule has 0 radical (unpaired) electrons. The van der Waals surface area contributed by atoms with Crippen LogP contribution in [0.2, 0.25) is 0 Å². The first-order valence-corrected chi connectivity index (χ1v) is 6.30. The summed E-state index contributed by atoms with van der Waals surface area (Å²) in [7, 11) is 0. The molecule has 0 atom stereocenters. The zero-order valence-electron chi connectivity index (χ0n) is 10.8. The molecule has 1 aromatic carbocycles. The SMILES string of the molecule is C#CCOc1ccc(C(=O)NC2CC(C(=O)O)C2)cc1. The summed E-state index contributed by atoms with van der Waals surface area (Å²) >= 11 is 0. The zero-order chi connectivity index (χ0) is 14.5. The molecule has 1 fully saturated rings. The predicted molar refractivity (Wildman–Crippen MR) is 72.4 cm³/mol. The predicted octanol–water partition coefficient (Wildman–Crippen LogP) is 1.29. The second kappa shape index (κ2) is 6.11. The molecule has 0 heterocycles. The molecule has 0 bridgehead atoms. The van der Waals surface area contributed by atoms with Crippen LogP contribution in [0.25, 0.3) is 0 Å². The lowest BCUT2D eigenvalue weighted by Gasteiger charge is -2.32. The first kappa shape index (κ1) is 13.9. The van der Waals surface area contributed by atoms with Crippen molar-refractivity contribution in [2.45, 2.75) is 18.9 Å². The molecule has 1 saturated carbocycles. The fourth-order valence-electron chi connectivity index (χ4n) is 2.03. The summed E-state index contributed by atoms with van der Waals surface area (Å²) < 4.78 is 5.21. The molecule has 1 aliphatic carbocycles. The fourth-order valence-corrected chi connectivity index (χ4v) is 2.03. The Hall–Kier alpha value is -2.48. The summed E-state index contributed by atoms with van der Waals surface area (Å²) in [6, 6.07) is 6.59. The molecule has 2 N–H and O–H groups in total. The van der Waals surface area contributed by atoms with E-state index in [0.717, 1.165) is 0 Å². The van der Waals surface area contributed by atoms with Crippen LogP contribution in [0.3, 0.4) is 0 Å². The van der Waals surface area contributed by atoms with Crippen molar-refractivity contribution in [3.05, 3.63) is 29.8 Å². The lowest BCUT2D eigenvalue weighted by Crippen LogP contribution is -2.46. The Morgan fingerprint density at radius 1 is 1.35 bits per heavy atom. The van der Waals surface area contributed by atoms with Crippen molar-refractivity contribution < 1.29 is 19.4 Å². The van der Waals surface area contributed by atoms with Gasteiger partial charge in [-0.3, -0.25) is 9.59 Å². The van der Waals surface area contributed by atoms with Gasteiger partial charge in [-0.2, -0.15) is 0 Å². The van der Waals surface area contributed by atoms with Crippen LogP contribution in [0.4, 0.5) is 0 Å². The number of terminal acetylenes is 1. The van der Waals surface area contributed by atoms with Gasteiger partial charge in [-0.05, 0) is 37.1 Å². The number of carbonyl (C=O) groups excluding carboxylic acids is 1. The Morgan fingerprint density at radius 2 is 2.00 bits per heavy atom. The van der Waals surface area contributed by atoms with Crippen LogP contribution >= 0.6 is 0 Å². The third kappa shape index (κ3) is 3.29. The van der Waals surface area contributed by atoms with E-state index in [1.165, 1.54) is 0 Å². The Kier molecular flexibility index (Phi) is 4.26. The molecule has 1 amide bonds. The second-order valence-corrected chi connectivity index (χ2v) is 4.69. The van der Waals surface area contributed by atoms with Gasteiger partial charge in [0.2, 0.25) is 0 Å². The van der Waals surface area contributed by atoms with E-state index in [1.807, 2.05) is 0 Å². The third-order valence-electron chi connectivity index (χ3n) is 3.26. The van der Waals surface area contributed by atoms with Crippen molar-refractivity contribution in [2.75, 3.05) is 6.61 Å². The average molecular weight is 273 g/mol. The highest BCUT2D eigenvalue weighted by atomic mass is 16.5. The molecule has 1 aromatic rings. The lowest BCUT2D eigenvalue weighted by molar-refractivity contribution is -0.145. The van der Waals surface area contributed by atoms with E-state index < -0.39 is 5.97 Å². The molecule has 5 heteroatoms. The van der Waals surface area contributed by atoms with Crippen LogP contribution in [0.15, 0.2) is 24.3 Å². The van der Waals surface area contributed by atoms with Gasteiger partial charge in [-0.1, -0.05) is 5.92 Å². The Morgan fingerprint density at radius 3 is 2.55 bits per heavy atom. The molecule has 5 nitrogen and oxygen atoms in total. The third-order valence-corrected chi connectivity index (χ3v) is 3.26. The summed E-state index contributed by atoms with van der Waals surface area (Å²) in [4.78, 5) is 22.6. The quantitative estimate of drug-likeness (QED) is 0.793. The molecule has 0 unspecified atom stereocenters. The number of aliphatic carboxylic acids is 1. The maximum atomic E-state index is 11.9. The Labute approximate surface area is 116 Å².